The van der Waals surface area contributed by atoms with Gasteiger partial charge in [-0.15, -0.1) is 0 Å². The van der Waals surface area contributed by atoms with Gasteiger partial charge in [-0.2, -0.15) is 0 Å². The molecule has 0 saturated heterocycles. The van der Waals surface area contributed by atoms with E-state index in [0.717, 1.165) is 22.3 Å². The van der Waals surface area contributed by atoms with Crippen LogP contribution in [0.2, 0.25) is 0 Å². The molecule has 3 N–H and O–H groups in total. The van der Waals surface area contributed by atoms with Crippen molar-refractivity contribution >= 4 is 39.6 Å². The molecule has 0 spiro atoms. The van der Waals surface area contributed by atoms with Crippen LogP contribution in [0.3, 0.4) is 0 Å². The van der Waals surface area contributed by atoms with Crippen LogP contribution in [0, 0.1) is 13.8 Å². The first-order valence-corrected chi connectivity index (χ1v) is 10.9. The summed E-state index contributed by atoms with van der Waals surface area (Å²) >= 11 is 0. The van der Waals surface area contributed by atoms with Crippen molar-refractivity contribution in [3.05, 3.63) is 77.4 Å². The van der Waals surface area contributed by atoms with Gasteiger partial charge in [-0.25, -0.2) is 9.97 Å². The Morgan fingerprint density at radius 1 is 0.971 bits per heavy atom. The van der Waals surface area contributed by atoms with Gasteiger partial charge in [0.25, 0.3) is 5.91 Å². The number of carbonyl (C=O) groups is 1. The Balaban J connectivity index is 1.56. The molecule has 0 unspecified atom stereocenters. The molecule has 6 rings (SSSR count). The van der Waals surface area contributed by atoms with Gasteiger partial charge in [0.15, 0.2) is 17.1 Å². The van der Waals surface area contributed by atoms with E-state index in [1.165, 1.54) is 0 Å². The Bertz CT molecular complexity index is 1620. The summed E-state index contributed by atoms with van der Waals surface area (Å²) in [5.74, 6) is 1.11. The zero-order valence-corrected chi connectivity index (χ0v) is 18.6. The van der Waals surface area contributed by atoms with Crippen molar-refractivity contribution in [2.45, 2.75) is 13.8 Å². The molecule has 3 aromatic carbocycles. The summed E-state index contributed by atoms with van der Waals surface area (Å²) < 4.78 is 12.6. The minimum absolute atomic E-state index is 0.158. The molecule has 8 nitrogen and oxygen atoms in total. The quantitative estimate of drug-likeness (QED) is 0.410. The number of rotatable bonds is 3. The van der Waals surface area contributed by atoms with Crippen LogP contribution in [-0.2, 0) is 0 Å². The molecule has 1 amide bonds. The summed E-state index contributed by atoms with van der Waals surface area (Å²) in [6.45, 7) is 4.22. The number of carbonyl (C=O) groups excluding carboxylic acids is 1. The van der Waals surface area contributed by atoms with E-state index in [0.29, 0.717) is 33.9 Å². The van der Waals surface area contributed by atoms with Crippen molar-refractivity contribution in [3.63, 3.8) is 0 Å². The molecular formula is C26H21N5O3. The van der Waals surface area contributed by atoms with Crippen molar-refractivity contribution in [2.75, 3.05) is 17.8 Å². The number of anilines is 2. The van der Waals surface area contributed by atoms with Gasteiger partial charge in [0.1, 0.15) is 16.9 Å². The number of nitrogens with one attached hydrogen (secondary N) is 1. The SMILES string of the molecule is Cc1cccc(-n2c(N)c(C(=O)Nc3ccc4c(c3)OCO4)c3nc4ccccc4nc32)c1C. The Kier molecular flexibility index (Phi) is 4.41. The van der Waals surface area contributed by atoms with Crippen LogP contribution < -0.4 is 20.5 Å². The maximum atomic E-state index is 13.5. The lowest BCUT2D eigenvalue weighted by Crippen LogP contribution is -2.14. The van der Waals surface area contributed by atoms with E-state index in [9.17, 15) is 4.79 Å². The van der Waals surface area contributed by atoms with Gasteiger partial charge in [-0.1, -0.05) is 24.3 Å². The van der Waals surface area contributed by atoms with E-state index in [4.69, 9.17) is 25.2 Å². The maximum absolute atomic E-state index is 13.5. The average Bonchev–Trinajstić information content (AvgIpc) is 3.40. The monoisotopic (exact) mass is 451 g/mol. The van der Waals surface area contributed by atoms with E-state index in [1.807, 2.05) is 60.9 Å². The molecule has 1 aliphatic heterocycles. The molecule has 0 saturated carbocycles. The van der Waals surface area contributed by atoms with Gasteiger partial charge >= 0.3 is 0 Å². The smallest absolute Gasteiger partial charge is 0.261 e. The van der Waals surface area contributed by atoms with Crippen LogP contribution in [0.15, 0.2) is 60.7 Å². The second-order valence-electron chi connectivity index (χ2n) is 8.22. The number of hydrogen-bond donors (Lipinski definition) is 2. The number of hydrogen-bond acceptors (Lipinski definition) is 6. The summed E-state index contributed by atoms with van der Waals surface area (Å²) in [6, 6.07) is 18.8. The molecule has 3 heterocycles. The molecule has 2 aromatic heterocycles. The molecule has 1 aliphatic rings. The molecule has 0 fully saturated rings. The number of amides is 1. The second-order valence-corrected chi connectivity index (χ2v) is 8.22. The first kappa shape index (κ1) is 20.0. The van der Waals surface area contributed by atoms with Gasteiger partial charge in [0.05, 0.1) is 16.7 Å². The predicted octanol–water partition coefficient (Wildman–Crippen LogP) is 4.75. The largest absolute Gasteiger partial charge is 0.454 e. The summed E-state index contributed by atoms with van der Waals surface area (Å²) in [5, 5.41) is 2.92. The fourth-order valence-electron chi connectivity index (χ4n) is 4.28. The van der Waals surface area contributed by atoms with Gasteiger partial charge in [-0.3, -0.25) is 9.36 Å². The summed E-state index contributed by atoms with van der Waals surface area (Å²) in [5.41, 5.74) is 12.9. The number of aromatic nitrogens is 3. The van der Waals surface area contributed by atoms with Crippen molar-refractivity contribution in [1.82, 2.24) is 14.5 Å². The summed E-state index contributed by atoms with van der Waals surface area (Å²) in [6.07, 6.45) is 0. The fraction of sp³-hybridized carbons (Fsp3) is 0.115. The highest BCUT2D eigenvalue weighted by Gasteiger charge is 2.26. The predicted molar refractivity (Wildman–Crippen MR) is 131 cm³/mol. The number of benzene rings is 3. The molecule has 34 heavy (non-hydrogen) atoms. The van der Waals surface area contributed by atoms with Gasteiger partial charge in [0, 0.05) is 11.8 Å². The fourth-order valence-corrected chi connectivity index (χ4v) is 4.28. The highest BCUT2D eigenvalue weighted by Crippen LogP contribution is 2.36. The lowest BCUT2D eigenvalue weighted by atomic mass is 10.1. The zero-order chi connectivity index (χ0) is 23.4. The number of nitrogens with two attached hydrogens (primary N) is 1. The number of ether oxygens (including phenoxy) is 2. The Labute approximate surface area is 194 Å². The third-order valence-electron chi connectivity index (χ3n) is 6.17. The number of nitrogens with zero attached hydrogens (tertiary/aromatic N) is 3. The molecule has 168 valence electrons. The molecule has 0 atom stereocenters. The highest BCUT2D eigenvalue weighted by molar-refractivity contribution is 6.16. The van der Waals surface area contributed by atoms with Crippen molar-refractivity contribution in [2.24, 2.45) is 0 Å². The molecule has 8 heteroatoms. The van der Waals surface area contributed by atoms with Crippen LogP contribution in [0.5, 0.6) is 11.5 Å². The third-order valence-corrected chi connectivity index (χ3v) is 6.17. The summed E-state index contributed by atoms with van der Waals surface area (Å²) in [7, 11) is 0. The number of nitrogen functional groups attached to an aromatic ring is 1. The molecule has 0 radical (unpaired) electrons. The van der Waals surface area contributed by atoms with Crippen LogP contribution in [0.1, 0.15) is 21.5 Å². The normalized spacial score (nSPS) is 12.4. The average molecular weight is 451 g/mol. The molecule has 0 aliphatic carbocycles. The van der Waals surface area contributed by atoms with E-state index in [1.54, 1.807) is 18.2 Å². The van der Waals surface area contributed by atoms with E-state index in [2.05, 4.69) is 5.32 Å². The minimum atomic E-state index is -0.380. The maximum Gasteiger partial charge on any atom is 0.261 e. The summed E-state index contributed by atoms with van der Waals surface area (Å²) in [4.78, 5) is 23.2. The first-order valence-electron chi connectivity index (χ1n) is 10.9. The minimum Gasteiger partial charge on any atom is -0.454 e. The zero-order valence-electron chi connectivity index (χ0n) is 18.6. The molecule has 0 bridgehead atoms. The lowest BCUT2D eigenvalue weighted by molar-refractivity contribution is 0.102. The Morgan fingerprint density at radius 2 is 1.74 bits per heavy atom. The molecular weight excluding hydrogens is 430 g/mol. The van der Waals surface area contributed by atoms with Crippen LogP contribution >= 0.6 is 0 Å². The highest BCUT2D eigenvalue weighted by atomic mass is 16.7. The van der Waals surface area contributed by atoms with Crippen LogP contribution in [-0.4, -0.2) is 27.2 Å². The number of fused-ring (bicyclic) bond motifs is 3. The number of aryl methyl sites for hydroxylation is 1. The van der Waals surface area contributed by atoms with Gasteiger partial charge < -0.3 is 20.5 Å². The standard InChI is InChI=1S/C26H21N5O3/c1-14-6-5-9-19(15(14)2)31-24(27)22(23-25(31)30-18-8-4-3-7-17(18)29-23)26(32)28-16-10-11-20-21(12-16)34-13-33-20/h3-12H,13,27H2,1-2H3,(H,28,32). The van der Waals surface area contributed by atoms with Crippen molar-refractivity contribution < 1.29 is 14.3 Å². The van der Waals surface area contributed by atoms with Gasteiger partial charge in [0.2, 0.25) is 6.79 Å². The van der Waals surface area contributed by atoms with Crippen molar-refractivity contribution in [3.8, 4) is 17.2 Å². The van der Waals surface area contributed by atoms with E-state index in [-0.39, 0.29) is 24.1 Å². The Hall–Kier alpha value is -4.59. The second kappa shape index (κ2) is 7.48. The van der Waals surface area contributed by atoms with Crippen LogP contribution in [0.25, 0.3) is 27.9 Å². The van der Waals surface area contributed by atoms with E-state index < -0.39 is 0 Å². The van der Waals surface area contributed by atoms with Gasteiger partial charge in [-0.05, 0) is 55.3 Å². The van der Waals surface area contributed by atoms with E-state index >= 15 is 0 Å². The first-order chi connectivity index (χ1) is 16.5. The van der Waals surface area contributed by atoms with Crippen molar-refractivity contribution in [1.29, 1.82) is 0 Å². The molecule has 5 aromatic rings. The Morgan fingerprint density at radius 3 is 2.56 bits per heavy atom. The third kappa shape index (κ3) is 3.03. The van der Waals surface area contributed by atoms with Crippen LogP contribution in [0.4, 0.5) is 11.5 Å². The lowest BCUT2D eigenvalue weighted by Gasteiger charge is -2.13. The number of para-hydroxylation sites is 2. The topological polar surface area (TPSA) is 104 Å².